The standard InChI is InChI=1S/C20H22ClN3O3/c1-23(2)7-8-24-19(25)14-12-9-13(15(14)20(24)26)18-16(12)17(22-27-18)10-3-5-11(21)6-4-10/h3-6,12-16,18H,7-9H2,1-2H3/t12-,13+,14-,15+,16-,18-/m1/s1. The SMILES string of the molecule is CN(C)CCN1C(=O)[C@@H]2[C@H]3C[C@H]([C@H]4ON=C(c5ccc(Cl)cc5)[C@@H]34)[C@@H]2C1=O. The number of likely N-dealkylation sites (N-methyl/N-ethyl adjacent to an activating group) is 1. The number of hydrogen-bond donors (Lipinski definition) is 0. The number of nitrogens with zero attached hydrogens (tertiary/aromatic N) is 3. The molecule has 3 fully saturated rings. The predicted molar refractivity (Wildman–Crippen MR) is 100 cm³/mol. The van der Waals surface area contributed by atoms with Crippen molar-refractivity contribution in [1.29, 1.82) is 0 Å². The van der Waals surface area contributed by atoms with Crippen molar-refractivity contribution < 1.29 is 14.4 Å². The largest absolute Gasteiger partial charge is 0.391 e. The molecule has 0 unspecified atom stereocenters. The summed E-state index contributed by atoms with van der Waals surface area (Å²) in [5.41, 5.74) is 1.88. The molecule has 6 atom stereocenters. The Kier molecular flexibility index (Phi) is 3.85. The number of carbonyl (C=O) groups excluding carboxylic acids is 2. The lowest BCUT2D eigenvalue weighted by Crippen LogP contribution is -2.41. The van der Waals surface area contributed by atoms with E-state index in [1.54, 1.807) is 0 Å². The molecule has 0 N–H and O–H groups in total. The van der Waals surface area contributed by atoms with E-state index >= 15 is 0 Å². The molecule has 2 amide bonds. The molecule has 5 rings (SSSR count). The van der Waals surface area contributed by atoms with Gasteiger partial charge in [0.2, 0.25) is 11.8 Å². The molecular weight excluding hydrogens is 366 g/mol. The Labute approximate surface area is 163 Å². The summed E-state index contributed by atoms with van der Waals surface area (Å²) in [5.74, 6) is -0.164. The van der Waals surface area contributed by atoms with Crippen molar-refractivity contribution >= 4 is 29.1 Å². The number of imide groups is 1. The number of carbonyl (C=O) groups is 2. The zero-order valence-corrected chi connectivity index (χ0v) is 16.1. The van der Waals surface area contributed by atoms with E-state index in [1.807, 2.05) is 43.3 Å². The lowest BCUT2D eigenvalue weighted by Gasteiger charge is -2.29. The summed E-state index contributed by atoms with van der Waals surface area (Å²) in [5, 5.41) is 5.02. The molecular formula is C20H22ClN3O3. The third kappa shape index (κ3) is 2.39. The Bertz CT molecular complexity index is 837. The maximum absolute atomic E-state index is 13.1. The molecule has 2 saturated carbocycles. The van der Waals surface area contributed by atoms with Crippen LogP contribution in [0.1, 0.15) is 12.0 Å². The first-order chi connectivity index (χ1) is 13.0. The second-order valence-corrected chi connectivity index (χ2v) is 8.76. The summed E-state index contributed by atoms with van der Waals surface area (Å²) in [7, 11) is 3.89. The first-order valence-electron chi connectivity index (χ1n) is 9.47. The molecule has 6 nitrogen and oxygen atoms in total. The van der Waals surface area contributed by atoms with Gasteiger partial charge in [-0.05, 0) is 44.1 Å². The average Bonchev–Trinajstić information content (AvgIpc) is 3.35. The molecule has 1 aromatic rings. The van der Waals surface area contributed by atoms with Gasteiger partial charge in [-0.25, -0.2) is 0 Å². The molecule has 2 aliphatic heterocycles. The molecule has 2 heterocycles. The highest BCUT2D eigenvalue weighted by atomic mass is 35.5. The van der Waals surface area contributed by atoms with Gasteiger partial charge in [-0.3, -0.25) is 14.5 Å². The van der Waals surface area contributed by atoms with E-state index in [4.69, 9.17) is 16.4 Å². The molecule has 2 aliphatic carbocycles. The number of likely N-dealkylation sites (tertiary alicyclic amines) is 1. The minimum atomic E-state index is -0.231. The molecule has 1 aromatic carbocycles. The van der Waals surface area contributed by atoms with Gasteiger partial charge in [-0.15, -0.1) is 0 Å². The number of halogens is 1. The first kappa shape index (κ1) is 17.2. The smallest absolute Gasteiger partial charge is 0.233 e. The van der Waals surface area contributed by atoms with Crippen molar-refractivity contribution in [3.63, 3.8) is 0 Å². The molecule has 142 valence electrons. The Morgan fingerprint density at radius 2 is 1.78 bits per heavy atom. The zero-order chi connectivity index (χ0) is 18.9. The fourth-order valence-electron chi connectivity index (χ4n) is 5.57. The quantitative estimate of drug-likeness (QED) is 0.740. The van der Waals surface area contributed by atoms with Gasteiger partial charge in [-0.1, -0.05) is 28.9 Å². The van der Waals surface area contributed by atoms with Crippen LogP contribution in [0.5, 0.6) is 0 Å². The van der Waals surface area contributed by atoms with Crippen LogP contribution in [0.3, 0.4) is 0 Å². The minimum absolute atomic E-state index is 0.000145. The Hall–Kier alpha value is -1.92. The van der Waals surface area contributed by atoms with Crippen LogP contribution in [0.4, 0.5) is 0 Å². The molecule has 2 bridgehead atoms. The van der Waals surface area contributed by atoms with E-state index in [9.17, 15) is 9.59 Å². The lowest BCUT2D eigenvalue weighted by atomic mass is 9.71. The van der Waals surface area contributed by atoms with Crippen LogP contribution in [0.25, 0.3) is 0 Å². The van der Waals surface area contributed by atoms with Crippen molar-refractivity contribution in [3.05, 3.63) is 34.9 Å². The molecule has 4 aliphatic rings. The minimum Gasteiger partial charge on any atom is -0.391 e. The van der Waals surface area contributed by atoms with Crippen LogP contribution >= 0.6 is 11.6 Å². The average molecular weight is 388 g/mol. The second-order valence-electron chi connectivity index (χ2n) is 8.33. The van der Waals surface area contributed by atoms with Crippen LogP contribution in [-0.2, 0) is 14.4 Å². The van der Waals surface area contributed by atoms with Crippen molar-refractivity contribution in [2.75, 3.05) is 27.2 Å². The topological polar surface area (TPSA) is 62.2 Å². The molecule has 1 saturated heterocycles. The maximum Gasteiger partial charge on any atom is 0.233 e. The normalized spacial score (nSPS) is 36.3. The number of oxime groups is 1. The highest BCUT2D eigenvalue weighted by Crippen LogP contribution is 2.61. The van der Waals surface area contributed by atoms with E-state index in [0.717, 1.165) is 17.7 Å². The van der Waals surface area contributed by atoms with Crippen molar-refractivity contribution in [3.8, 4) is 0 Å². The second kappa shape index (κ2) is 6.04. The highest BCUT2D eigenvalue weighted by molar-refractivity contribution is 6.30. The lowest BCUT2D eigenvalue weighted by molar-refractivity contribution is -0.141. The molecule has 0 spiro atoms. The predicted octanol–water partition coefficient (Wildman–Crippen LogP) is 1.87. The Morgan fingerprint density at radius 1 is 1.11 bits per heavy atom. The summed E-state index contributed by atoms with van der Waals surface area (Å²) in [6.45, 7) is 1.15. The molecule has 0 aromatic heterocycles. The van der Waals surface area contributed by atoms with Gasteiger partial charge in [0.1, 0.15) is 6.10 Å². The van der Waals surface area contributed by atoms with E-state index in [1.165, 1.54) is 4.90 Å². The third-order valence-corrected chi connectivity index (χ3v) is 6.94. The van der Waals surface area contributed by atoms with Gasteiger partial charge in [0.05, 0.1) is 17.5 Å². The summed E-state index contributed by atoms with van der Waals surface area (Å²) in [4.78, 5) is 35.3. The van der Waals surface area contributed by atoms with Crippen LogP contribution in [0, 0.1) is 29.6 Å². The summed E-state index contributed by atoms with van der Waals surface area (Å²) in [6.07, 6.45) is 0.781. The maximum atomic E-state index is 13.1. The van der Waals surface area contributed by atoms with Gasteiger partial charge >= 0.3 is 0 Å². The van der Waals surface area contributed by atoms with Crippen molar-refractivity contribution in [2.45, 2.75) is 12.5 Å². The van der Waals surface area contributed by atoms with Crippen LogP contribution in [-0.4, -0.2) is 60.6 Å². The first-order valence-corrected chi connectivity index (χ1v) is 9.85. The van der Waals surface area contributed by atoms with Gasteiger partial charge in [0, 0.05) is 29.9 Å². The monoisotopic (exact) mass is 387 g/mol. The number of hydrogen-bond acceptors (Lipinski definition) is 5. The summed E-state index contributed by atoms with van der Waals surface area (Å²) >= 11 is 6.01. The van der Waals surface area contributed by atoms with E-state index in [2.05, 4.69) is 5.16 Å². The Morgan fingerprint density at radius 3 is 2.44 bits per heavy atom. The van der Waals surface area contributed by atoms with Gasteiger partial charge in [-0.2, -0.15) is 0 Å². The summed E-state index contributed by atoms with van der Waals surface area (Å²) in [6, 6.07) is 7.58. The van der Waals surface area contributed by atoms with E-state index in [-0.39, 0.29) is 47.5 Å². The summed E-state index contributed by atoms with van der Waals surface area (Å²) < 4.78 is 0. The van der Waals surface area contributed by atoms with Gasteiger partial charge in [0.25, 0.3) is 0 Å². The number of rotatable bonds is 4. The van der Waals surface area contributed by atoms with Crippen molar-refractivity contribution in [2.24, 2.45) is 34.7 Å². The molecule has 7 heteroatoms. The number of benzene rings is 1. The Balaban J connectivity index is 1.42. The molecule has 0 radical (unpaired) electrons. The number of fused-ring (bicyclic) bond motifs is 8. The van der Waals surface area contributed by atoms with E-state index < -0.39 is 0 Å². The van der Waals surface area contributed by atoms with Gasteiger partial charge < -0.3 is 9.74 Å². The zero-order valence-electron chi connectivity index (χ0n) is 15.3. The highest BCUT2D eigenvalue weighted by Gasteiger charge is 2.70. The molecule has 27 heavy (non-hydrogen) atoms. The van der Waals surface area contributed by atoms with E-state index in [0.29, 0.717) is 18.1 Å². The van der Waals surface area contributed by atoms with Crippen LogP contribution in [0.15, 0.2) is 29.4 Å². The fourth-order valence-corrected chi connectivity index (χ4v) is 5.69. The van der Waals surface area contributed by atoms with Crippen LogP contribution in [0.2, 0.25) is 5.02 Å². The number of amides is 2. The third-order valence-electron chi connectivity index (χ3n) is 6.69. The van der Waals surface area contributed by atoms with Gasteiger partial charge in [0.15, 0.2) is 0 Å². The van der Waals surface area contributed by atoms with Crippen molar-refractivity contribution in [1.82, 2.24) is 9.80 Å². The fraction of sp³-hybridized carbons (Fsp3) is 0.550. The van der Waals surface area contributed by atoms with Crippen LogP contribution < -0.4 is 0 Å².